The number of rotatable bonds is 5. The summed E-state index contributed by atoms with van der Waals surface area (Å²) in [6, 6.07) is 4.87. The summed E-state index contributed by atoms with van der Waals surface area (Å²) in [6.45, 7) is 2.53. The zero-order chi connectivity index (χ0) is 15.9. The molecule has 0 aliphatic rings. The van der Waals surface area contributed by atoms with Gasteiger partial charge in [-0.25, -0.2) is 14.2 Å². The molecule has 0 spiro atoms. The highest BCUT2D eigenvalue weighted by atomic mass is 32.1. The number of carbonyl (C=O) groups is 2. The van der Waals surface area contributed by atoms with E-state index in [2.05, 4.69) is 20.9 Å². The maximum absolute atomic E-state index is 12.8. The molecule has 0 saturated carbocycles. The monoisotopic (exact) mass is 322 g/mol. The van der Waals surface area contributed by atoms with Crippen molar-refractivity contribution < 1.29 is 14.0 Å². The summed E-state index contributed by atoms with van der Waals surface area (Å²) in [7, 11) is 0. The van der Waals surface area contributed by atoms with Crippen molar-refractivity contribution in [3.8, 4) is 0 Å². The van der Waals surface area contributed by atoms with Gasteiger partial charge in [-0.3, -0.25) is 10.1 Å². The fraction of sp³-hybridized carbons (Fsp3) is 0.214. The lowest BCUT2D eigenvalue weighted by Crippen LogP contribution is -2.24. The Morgan fingerprint density at radius 3 is 2.64 bits per heavy atom. The topological polar surface area (TPSA) is 83.1 Å². The molecule has 8 heteroatoms. The van der Waals surface area contributed by atoms with Gasteiger partial charge in [0.1, 0.15) is 11.5 Å². The second-order valence-electron chi connectivity index (χ2n) is 4.38. The summed E-state index contributed by atoms with van der Waals surface area (Å²) >= 11 is 1.15. The van der Waals surface area contributed by atoms with E-state index in [1.54, 1.807) is 5.38 Å². The second-order valence-corrected chi connectivity index (χ2v) is 5.24. The van der Waals surface area contributed by atoms with Crippen LogP contribution in [0.3, 0.4) is 0 Å². The maximum atomic E-state index is 12.8. The Balaban J connectivity index is 1.90. The van der Waals surface area contributed by atoms with Gasteiger partial charge in [0.15, 0.2) is 5.13 Å². The van der Waals surface area contributed by atoms with E-state index < -0.39 is 6.03 Å². The molecule has 6 nitrogen and oxygen atoms in total. The Morgan fingerprint density at radius 2 is 1.95 bits per heavy atom. The average molecular weight is 322 g/mol. The van der Waals surface area contributed by atoms with Crippen LogP contribution in [0.15, 0.2) is 29.6 Å². The lowest BCUT2D eigenvalue weighted by molar-refractivity contribution is 0.0949. The van der Waals surface area contributed by atoms with Crippen molar-refractivity contribution in [2.24, 2.45) is 0 Å². The van der Waals surface area contributed by atoms with E-state index >= 15 is 0 Å². The molecular formula is C14H15FN4O2S. The molecule has 0 aliphatic carbocycles. The number of thiazole rings is 1. The third-order valence-electron chi connectivity index (χ3n) is 2.59. The Morgan fingerprint density at radius 1 is 1.23 bits per heavy atom. The number of amides is 3. The zero-order valence-corrected chi connectivity index (χ0v) is 12.7. The van der Waals surface area contributed by atoms with Gasteiger partial charge in [0.25, 0.3) is 5.91 Å². The Bertz CT molecular complexity index is 657. The van der Waals surface area contributed by atoms with Crippen molar-refractivity contribution in [3.05, 3.63) is 41.2 Å². The van der Waals surface area contributed by atoms with Crippen molar-refractivity contribution in [1.82, 2.24) is 10.3 Å². The van der Waals surface area contributed by atoms with Crippen molar-refractivity contribution in [3.63, 3.8) is 0 Å². The van der Waals surface area contributed by atoms with Gasteiger partial charge >= 0.3 is 6.03 Å². The first-order valence-corrected chi connectivity index (χ1v) is 7.53. The Labute approximate surface area is 130 Å². The molecular weight excluding hydrogens is 307 g/mol. The first kappa shape index (κ1) is 15.9. The molecule has 0 unspecified atom stereocenters. The molecule has 0 radical (unpaired) electrons. The predicted octanol–water partition coefficient (Wildman–Crippen LogP) is 3.07. The van der Waals surface area contributed by atoms with Crippen molar-refractivity contribution >= 4 is 34.1 Å². The number of nitrogens with one attached hydrogen (secondary N) is 3. The largest absolute Gasteiger partial charge is 0.351 e. The molecule has 2 rings (SSSR count). The minimum absolute atomic E-state index is 0.260. The molecule has 0 bridgehead atoms. The molecule has 116 valence electrons. The molecule has 1 aromatic carbocycles. The Kier molecular flexibility index (Phi) is 5.42. The molecule has 0 aliphatic heterocycles. The van der Waals surface area contributed by atoms with Crippen molar-refractivity contribution in [1.29, 1.82) is 0 Å². The second kappa shape index (κ2) is 7.51. The van der Waals surface area contributed by atoms with Gasteiger partial charge in [-0.1, -0.05) is 6.92 Å². The van der Waals surface area contributed by atoms with Crippen LogP contribution < -0.4 is 16.0 Å². The number of anilines is 2. The molecule has 3 N–H and O–H groups in total. The molecule has 1 aromatic heterocycles. The van der Waals surface area contributed by atoms with E-state index in [-0.39, 0.29) is 17.4 Å². The van der Waals surface area contributed by atoms with E-state index in [1.165, 1.54) is 24.3 Å². The molecule has 0 atom stereocenters. The number of hydrogen-bond donors (Lipinski definition) is 3. The Hall–Kier alpha value is -2.48. The molecule has 22 heavy (non-hydrogen) atoms. The maximum Gasteiger partial charge on any atom is 0.325 e. The van der Waals surface area contributed by atoms with Crippen molar-refractivity contribution in [2.75, 3.05) is 17.2 Å². The van der Waals surface area contributed by atoms with Crippen LogP contribution in [-0.4, -0.2) is 23.5 Å². The summed E-state index contributed by atoms with van der Waals surface area (Å²) in [5.41, 5.74) is 0.715. The number of benzene rings is 1. The smallest absolute Gasteiger partial charge is 0.325 e. The average Bonchev–Trinajstić information content (AvgIpc) is 2.95. The molecule has 0 fully saturated rings. The summed E-state index contributed by atoms with van der Waals surface area (Å²) in [6.07, 6.45) is 0.834. The molecule has 3 amide bonds. The number of carbonyl (C=O) groups excluding carboxylic acids is 2. The first-order chi connectivity index (χ1) is 10.6. The third kappa shape index (κ3) is 4.52. The zero-order valence-electron chi connectivity index (χ0n) is 11.9. The van der Waals surface area contributed by atoms with Crippen LogP contribution in [0.1, 0.15) is 23.8 Å². The van der Waals surface area contributed by atoms with Gasteiger partial charge in [-0.2, -0.15) is 0 Å². The predicted molar refractivity (Wildman–Crippen MR) is 83.8 cm³/mol. The number of halogens is 1. The van der Waals surface area contributed by atoms with Gasteiger partial charge in [0.2, 0.25) is 0 Å². The normalized spacial score (nSPS) is 10.1. The molecule has 1 heterocycles. The fourth-order valence-corrected chi connectivity index (χ4v) is 2.24. The minimum atomic E-state index is -0.513. The number of nitrogens with zero attached hydrogens (tertiary/aromatic N) is 1. The fourth-order valence-electron chi connectivity index (χ4n) is 1.56. The number of urea groups is 1. The van der Waals surface area contributed by atoms with Gasteiger partial charge in [0.05, 0.1) is 0 Å². The summed E-state index contributed by atoms with van der Waals surface area (Å²) in [4.78, 5) is 27.5. The van der Waals surface area contributed by atoms with E-state index in [1.807, 2.05) is 6.92 Å². The van der Waals surface area contributed by atoms with Crippen LogP contribution in [0, 0.1) is 5.82 Å². The van der Waals surface area contributed by atoms with Crippen LogP contribution in [0.4, 0.5) is 20.0 Å². The van der Waals surface area contributed by atoms with E-state index in [4.69, 9.17) is 0 Å². The summed E-state index contributed by atoms with van der Waals surface area (Å²) < 4.78 is 12.8. The standard InChI is InChI=1S/C14H15FN4O2S/c1-2-7-16-12(20)11-8-22-14(18-11)19-13(21)17-10-5-3-9(15)4-6-10/h3-6,8H,2,7H2,1H3,(H,16,20)(H2,17,18,19,21). The summed E-state index contributed by atoms with van der Waals surface area (Å²) in [5, 5.41) is 9.64. The van der Waals surface area contributed by atoms with Crippen LogP contribution in [0.2, 0.25) is 0 Å². The van der Waals surface area contributed by atoms with Crippen molar-refractivity contribution in [2.45, 2.75) is 13.3 Å². The highest BCUT2D eigenvalue weighted by Crippen LogP contribution is 2.16. The lowest BCUT2D eigenvalue weighted by atomic mass is 10.3. The SMILES string of the molecule is CCCNC(=O)c1csc(NC(=O)Nc2ccc(F)cc2)n1. The summed E-state index contributed by atoms with van der Waals surface area (Å²) in [5.74, 6) is -0.654. The van der Waals surface area contributed by atoms with Crippen LogP contribution in [0.5, 0.6) is 0 Å². The molecule has 2 aromatic rings. The van der Waals surface area contributed by atoms with E-state index in [0.29, 0.717) is 17.4 Å². The quantitative estimate of drug-likeness (QED) is 0.791. The third-order valence-corrected chi connectivity index (χ3v) is 3.35. The number of aromatic nitrogens is 1. The first-order valence-electron chi connectivity index (χ1n) is 6.65. The molecule has 0 saturated heterocycles. The van der Waals surface area contributed by atoms with Gasteiger partial charge in [-0.05, 0) is 30.7 Å². The lowest BCUT2D eigenvalue weighted by Gasteiger charge is -2.05. The van der Waals surface area contributed by atoms with Crippen LogP contribution >= 0.6 is 11.3 Å². The highest BCUT2D eigenvalue weighted by molar-refractivity contribution is 7.14. The van der Waals surface area contributed by atoms with Gasteiger partial charge in [-0.15, -0.1) is 11.3 Å². The van der Waals surface area contributed by atoms with Crippen LogP contribution in [-0.2, 0) is 0 Å². The van der Waals surface area contributed by atoms with E-state index in [0.717, 1.165) is 17.8 Å². The minimum Gasteiger partial charge on any atom is -0.351 e. The van der Waals surface area contributed by atoms with E-state index in [9.17, 15) is 14.0 Å². The number of hydrogen-bond acceptors (Lipinski definition) is 4. The highest BCUT2D eigenvalue weighted by Gasteiger charge is 2.11. The van der Waals surface area contributed by atoms with Gasteiger partial charge < -0.3 is 10.6 Å². The van der Waals surface area contributed by atoms with Gasteiger partial charge in [0, 0.05) is 17.6 Å². The van der Waals surface area contributed by atoms with Crippen LogP contribution in [0.25, 0.3) is 0 Å².